The Bertz CT molecular complexity index is 680. The van der Waals surface area contributed by atoms with Crippen molar-refractivity contribution >= 4 is 29.4 Å². The highest BCUT2D eigenvalue weighted by atomic mass is 35.5. The second-order valence-corrected chi connectivity index (χ2v) is 6.75. The monoisotopic (exact) mass is 357 g/mol. The molecule has 0 fully saturated rings. The lowest BCUT2D eigenvalue weighted by Crippen LogP contribution is -2.30. The third-order valence-corrected chi connectivity index (χ3v) is 3.73. The van der Waals surface area contributed by atoms with Crippen LogP contribution in [0.25, 0.3) is 0 Å². The van der Waals surface area contributed by atoms with E-state index in [1.54, 1.807) is 6.92 Å². The molecule has 0 spiro atoms. The van der Waals surface area contributed by atoms with Gasteiger partial charge in [0.15, 0.2) is 0 Å². The summed E-state index contributed by atoms with van der Waals surface area (Å²) in [5.41, 5.74) is 0.498. The Labute approximate surface area is 145 Å². The number of nitrogens with one attached hydrogen (secondary N) is 1. The first-order valence-electron chi connectivity index (χ1n) is 7.30. The van der Waals surface area contributed by atoms with E-state index in [1.165, 1.54) is 19.1 Å². The molecular weight excluding hydrogens is 337 g/mol. The third-order valence-electron chi connectivity index (χ3n) is 3.42. The van der Waals surface area contributed by atoms with E-state index in [9.17, 15) is 14.0 Å². The molecule has 0 saturated heterocycles. The number of carboxylic acid groups (broad SMARTS) is 1. The highest BCUT2D eigenvalue weighted by Crippen LogP contribution is 2.33. The second kappa shape index (κ2) is 7.66. The predicted octanol–water partition coefficient (Wildman–Crippen LogP) is 4.74. The zero-order chi connectivity index (χ0) is 18.7. The van der Waals surface area contributed by atoms with E-state index in [1.807, 2.05) is 20.8 Å². The maximum Gasteiger partial charge on any atom is 0.412 e. The molecule has 0 bridgehead atoms. The topological polar surface area (TPSA) is 75.6 Å². The molecule has 0 aliphatic rings. The molecule has 2 N–H and O–H groups in total. The number of amides is 1. The summed E-state index contributed by atoms with van der Waals surface area (Å²) in [5, 5.41) is 11.6. The van der Waals surface area contributed by atoms with Gasteiger partial charge in [-0.15, -0.1) is 0 Å². The zero-order valence-corrected chi connectivity index (χ0v) is 15.0. The fourth-order valence-corrected chi connectivity index (χ4v) is 2.39. The summed E-state index contributed by atoms with van der Waals surface area (Å²) in [4.78, 5) is 23.1. The van der Waals surface area contributed by atoms with Gasteiger partial charge in [0.05, 0.1) is 5.69 Å². The largest absolute Gasteiger partial charge is 0.478 e. The van der Waals surface area contributed by atoms with Crippen LogP contribution >= 0.6 is 11.6 Å². The fourth-order valence-electron chi connectivity index (χ4n) is 1.96. The number of hydrogen-bond acceptors (Lipinski definition) is 3. The zero-order valence-electron chi connectivity index (χ0n) is 14.2. The van der Waals surface area contributed by atoms with Crippen molar-refractivity contribution < 1.29 is 23.8 Å². The first-order valence-corrected chi connectivity index (χ1v) is 7.68. The van der Waals surface area contributed by atoms with Gasteiger partial charge in [-0.3, -0.25) is 5.32 Å². The van der Waals surface area contributed by atoms with Crippen molar-refractivity contribution in [3.63, 3.8) is 0 Å². The van der Waals surface area contributed by atoms with Gasteiger partial charge in [0.25, 0.3) is 0 Å². The van der Waals surface area contributed by atoms with Crippen LogP contribution in [0.1, 0.15) is 40.2 Å². The van der Waals surface area contributed by atoms with E-state index >= 15 is 0 Å². The Morgan fingerprint density at radius 1 is 1.38 bits per heavy atom. The average Bonchev–Trinajstić information content (AvgIpc) is 2.45. The quantitative estimate of drug-likeness (QED) is 0.763. The molecule has 1 aromatic carbocycles. The van der Waals surface area contributed by atoms with Crippen molar-refractivity contribution in [2.45, 2.75) is 46.1 Å². The molecule has 24 heavy (non-hydrogen) atoms. The Balaban J connectivity index is 3.04. The molecule has 1 unspecified atom stereocenters. The molecule has 1 amide bonds. The number of rotatable bonds is 4. The molecule has 1 aromatic rings. The summed E-state index contributed by atoms with van der Waals surface area (Å²) in [6, 6.07) is 2.51. The lowest BCUT2D eigenvalue weighted by molar-refractivity contribution is -0.144. The fraction of sp³-hybridized carbons (Fsp3) is 0.412. The summed E-state index contributed by atoms with van der Waals surface area (Å²) in [7, 11) is 0. The number of aliphatic carboxylic acids is 1. The number of hydrogen-bond donors (Lipinski definition) is 2. The lowest BCUT2D eigenvalue weighted by atomic mass is 9.86. The van der Waals surface area contributed by atoms with Crippen LogP contribution in [0.5, 0.6) is 0 Å². The van der Waals surface area contributed by atoms with E-state index in [0.29, 0.717) is 11.1 Å². The van der Waals surface area contributed by atoms with E-state index in [4.69, 9.17) is 21.4 Å². The predicted molar refractivity (Wildman–Crippen MR) is 91.1 cm³/mol. The molecule has 0 radical (unpaired) electrons. The molecule has 0 aromatic heterocycles. The molecular formula is C17H21ClFNO4. The molecule has 0 heterocycles. The molecule has 0 saturated carbocycles. The summed E-state index contributed by atoms with van der Waals surface area (Å²) in [6.07, 6.45) is -0.982. The van der Waals surface area contributed by atoms with E-state index in [2.05, 4.69) is 5.32 Å². The number of allylic oxidation sites excluding steroid dienone is 1. The van der Waals surface area contributed by atoms with Crippen molar-refractivity contribution in [3.05, 3.63) is 40.2 Å². The van der Waals surface area contributed by atoms with Crippen LogP contribution in [0, 0.1) is 5.82 Å². The van der Waals surface area contributed by atoms with Crippen LogP contribution < -0.4 is 5.32 Å². The first-order chi connectivity index (χ1) is 11.0. The third kappa shape index (κ3) is 4.96. The molecule has 0 aliphatic heterocycles. The van der Waals surface area contributed by atoms with E-state index < -0.39 is 24.0 Å². The van der Waals surface area contributed by atoms with Gasteiger partial charge < -0.3 is 9.84 Å². The summed E-state index contributed by atoms with van der Waals surface area (Å²) < 4.78 is 18.9. The van der Waals surface area contributed by atoms with Crippen LogP contribution in [-0.4, -0.2) is 23.3 Å². The standard InChI is InChI=1S/C17H21ClFNO4/c1-6-9(2)14(15(21)22)24-16(23)20-13-7-10(17(3,4)5)11(18)8-12(13)19/h6-8,14H,1-5H3,(H,20,23)(H,21,22). The van der Waals surface area contributed by atoms with Crippen LogP contribution in [0.15, 0.2) is 23.8 Å². The van der Waals surface area contributed by atoms with Gasteiger partial charge >= 0.3 is 12.1 Å². The number of halogens is 2. The minimum atomic E-state index is -1.44. The Morgan fingerprint density at radius 2 is 1.96 bits per heavy atom. The number of carbonyl (C=O) groups is 2. The minimum absolute atomic E-state index is 0.128. The summed E-state index contributed by atoms with van der Waals surface area (Å²) >= 11 is 6.04. The average molecular weight is 358 g/mol. The molecule has 1 rings (SSSR count). The molecule has 5 nitrogen and oxygen atoms in total. The van der Waals surface area contributed by atoms with Gasteiger partial charge in [0, 0.05) is 5.02 Å². The van der Waals surface area contributed by atoms with Gasteiger partial charge in [-0.05, 0) is 42.5 Å². The van der Waals surface area contributed by atoms with Crippen molar-refractivity contribution in [1.82, 2.24) is 0 Å². The molecule has 7 heteroatoms. The van der Waals surface area contributed by atoms with Crippen molar-refractivity contribution in [3.8, 4) is 0 Å². The summed E-state index contributed by atoms with van der Waals surface area (Å²) in [5.74, 6) is -2.05. The normalized spacial score (nSPS) is 13.4. The SMILES string of the molecule is CC=C(C)C(OC(=O)Nc1cc(C(C)(C)C)c(Cl)cc1F)C(=O)O. The highest BCUT2D eigenvalue weighted by Gasteiger charge is 2.25. The van der Waals surface area contributed by atoms with Crippen molar-refractivity contribution in [1.29, 1.82) is 0 Å². The van der Waals surface area contributed by atoms with E-state index in [-0.39, 0.29) is 16.1 Å². The molecule has 1 atom stereocenters. The molecule has 132 valence electrons. The number of carbonyl (C=O) groups excluding carboxylic acids is 1. The van der Waals surface area contributed by atoms with Crippen molar-refractivity contribution in [2.75, 3.05) is 5.32 Å². The van der Waals surface area contributed by atoms with Gasteiger partial charge in [0.1, 0.15) is 5.82 Å². The number of ether oxygens (including phenoxy) is 1. The Hall–Kier alpha value is -2.08. The maximum absolute atomic E-state index is 14.0. The minimum Gasteiger partial charge on any atom is -0.478 e. The number of carboxylic acids is 1. The summed E-state index contributed by atoms with van der Waals surface area (Å²) in [6.45, 7) is 8.83. The van der Waals surface area contributed by atoms with Gasteiger partial charge in [-0.2, -0.15) is 0 Å². The van der Waals surface area contributed by atoms with Crippen LogP contribution in [-0.2, 0) is 14.9 Å². The van der Waals surface area contributed by atoms with Crippen LogP contribution in [0.3, 0.4) is 0 Å². The van der Waals surface area contributed by atoms with Crippen molar-refractivity contribution in [2.24, 2.45) is 0 Å². The van der Waals surface area contributed by atoms with Gasteiger partial charge in [0.2, 0.25) is 6.10 Å². The maximum atomic E-state index is 14.0. The highest BCUT2D eigenvalue weighted by molar-refractivity contribution is 6.31. The number of benzene rings is 1. The Kier molecular flexibility index (Phi) is 6.37. The van der Waals surface area contributed by atoms with Gasteiger partial charge in [-0.25, -0.2) is 14.0 Å². The Morgan fingerprint density at radius 3 is 2.42 bits per heavy atom. The lowest BCUT2D eigenvalue weighted by Gasteiger charge is -2.22. The van der Waals surface area contributed by atoms with E-state index in [0.717, 1.165) is 6.07 Å². The molecule has 0 aliphatic carbocycles. The van der Waals surface area contributed by atoms with Crippen LogP contribution in [0.4, 0.5) is 14.9 Å². The van der Waals surface area contributed by atoms with Crippen LogP contribution in [0.2, 0.25) is 5.02 Å². The number of anilines is 1. The smallest absolute Gasteiger partial charge is 0.412 e. The second-order valence-electron chi connectivity index (χ2n) is 6.34. The first kappa shape index (κ1) is 20.0. The van der Waals surface area contributed by atoms with Gasteiger partial charge in [-0.1, -0.05) is 38.4 Å².